The molecule has 1 aliphatic rings. The zero-order chi connectivity index (χ0) is 20.4. The molecule has 0 aliphatic carbocycles. The molecule has 1 fully saturated rings. The van der Waals surface area contributed by atoms with Crippen molar-refractivity contribution in [1.82, 2.24) is 9.88 Å². The number of aliphatic hydroxyl groups excluding tert-OH is 1. The lowest BCUT2D eigenvalue weighted by atomic mass is 9.95. The van der Waals surface area contributed by atoms with Gasteiger partial charge in [0.1, 0.15) is 11.5 Å². The number of aliphatic hydroxyl groups is 1. The van der Waals surface area contributed by atoms with E-state index in [1.165, 1.54) is 29.4 Å². The van der Waals surface area contributed by atoms with E-state index in [0.717, 1.165) is 5.56 Å². The summed E-state index contributed by atoms with van der Waals surface area (Å²) in [5, 5.41) is 20.5. The van der Waals surface area contributed by atoms with Crippen LogP contribution in [0.3, 0.4) is 0 Å². The van der Waals surface area contributed by atoms with Crippen molar-refractivity contribution in [3.05, 3.63) is 101 Å². The summed E-state index contributed by atoms with van der Waals surface area (Å²) >= 11 is 0. The summed E-state index contributed by atoms with van der Waals surface area (Å²) in [6, 6.07) is 18.0. The maximum atomic E-state index is 12.9. The smallest absolute Gasteiger partial charge is 0.295 e. The Bertz CT molecular complexity index is 1080. The summed E-state index contributed by atoms with van der Waals surface area (Å²) in [6.45, 7) is 0.212. The number of Topliss-reactive ketones (excluding diaryl/α,β-unsaturated/α-hetero) is 1. The molecule has 6 heteroatoms. The number of hydrogen-bond acceptors (Lipinski definition) is 5. The first kappa shape index (κ1) is 18.4. The summed E-state index contributed by atoms with van der Waals surface area (Å²) in [5.41, 5.74) is 1.90. The molecule has 2 N–H and O–H groups in total. The monoisotopic (exact) mass is 386 g/mol. The molecular formula is C23H18N2O4. The molecule has 0 saturated carbocycles. The maximum Gasteiger partial charge on any atom is 0.295 e. The molecule has 1 aromatic heterocycles. The van der Waals surface area contributed by atoms with Crippen LogP contribution in [0.25, 0.3) is 5.76 Å². The number of benzene rings is 2. The highest BCUT2D eigenvalue weighted by molar-refractivity contribution is 6.46. The van der Waals surface area contributed by atoms with E-state index < -0.39 is 17.7 Å². The van der Waals surface area contributed by atoms with Gasteiger partial charge in [0, 0.05) is 24.5 Å². The number of pyridine rings is 1. The quantitative estimate of drug-likeness (QED) is 0.407. The molecule has 1 unspecified atom stereocenters. The standard InChI is InChI=1S/C23H18N2O4/c26-18-8-6-16(7-9-18)20-19(21(27)17-10-12-24-13-11-17)22(28)23(29)25(20)14-15-4-2-1-3-5-15/h1-13,20,26-27H,14H2. The van der Waals surface area contributed by atoms with Crippen molar-refractivity contribution in [1.29, 1.82) is 0 Å². The van der Waals surface area contributed by atoms with Gasteiger partial charge in [-0.25, -0.2) is 0 Å². The number of phenolic OH excluding ortho intramolecular Hbond substituents is 1. The van der Waals surface area contributed by atoms with E-state index >= 15 is 0 Å². The topological polar surface area (TPSA) is 90.7 Å². The van der Waals surface area contributed by atoms with E-state index in [-0.39, 0.29) is 23.6 Å². The number of carbonyl (C=O) groups excluding carboxylic acids is 2. The van der Waals surface area contributed by atoms with Crippen LogP contribution in [0.5, 0.6) is 5.75 Å². The van der Waals surface area contributed by atoms with Crippen LogP contribution in [0, 0.1) is 0 Å². The summed E-state index contributed by atoms with van der Waals surface area (Å²) in [6.07, 6.45) is 3.01. The van der Waals surface area contributed by atoms with Gasteiger partial charge in [0.15, 0.2) is 0 Å². The van der Waals surface area contributed by atoms with Crippen LogP contribution < -0.4 is 0 Å². The Hall–Kier alpha value is -3.93. The Morgan fingerprint density at radius 1 is 0.931 bits per heavy atom. The van der Waals surface area contributed by atoms with Crippen molar-refractivity contribution in [2.45, 2.75) is 12.6 Å². The zero-order valence-corrected chi connectivity index (χ0v) is 15.4. The predicted octanol–water partition coefficient (Wildman–Crippen LogP) is 3.41. The largest absolute Gasteiger partial charge is 0.508 e. The second-order valence-corrected chi connectivity index (χ2v) is 6.74. The highest BCUT2D eigenvalue weighted by Crippen LogP contribution is 2.40. The average Bonchev–Trinajstić information content (AvgIpc) is 3.00. The van der Waals surface area contributed by atoms with E-state index in [0.29, 0.717) is 11.1 Å². The summed E-state index contributed by atoms with van der Waals surface area (Å²) in [5.74, 6) is -1.60. The summed E-state index contributed by atoms with van der Waals surface area (Å²) in [7, 11) is 0. The normalized spacial score (nSPS) is 18.2. The SMILES string of the molecule is O=C1C(=O)N(Cc2ccccc2)C(c2ccc(O)cc2)C1=C(O)c1ccncc1. The van der Waals surface area contributed by atoms with Crippen LogP contribution in [0.1, 0.15) is 22.7 Å². The lowest BCUT2D eigenvalue weighted by molar-refractivity contribution is -0.140. The van der Waals surface area contributed by atoms with Crippen molar-refractivity contribution in [3.63, 3.8) is 0 Å². The molecule has 0 bridgehead atoms. The lowest BCUT2D eigenvalue weighted by Crippen LogP contribution is -2.29. The van der Waals surface area contributed by atoms with E-state index in [1.807, 2.05) is 30.3 Å². The molecule has 0 radical (unpaired) electrons. The molecule has 1 aliphatic heterocycles. The molecule has 2 heterocycles. The molecule has 144 valence electrons. The molecular weight excluding hydrogens is 368 g/mol. The van der Waals surface area contributed by atoms with Gasteiger partial charge in [0.05, 0.1) is 11.6 Å². The minimum Gasteiger partial charge on any atom is -0.508 e. The Morgan fingerprint density at radius 2 is 1.59 bits per heavy atom. The highest BCUT2D eigenvalue weighted by Gasteiger charge is 2.46. The van der Waals surface area contributed by atoms with E-state index in [4.69, 9.17) is 0 Å². The highest BCUT2D eigenvalue weighted by atomic mass is 16.3. The van der Waals surface area contributed by atoms with E-state index in [1.54, 1.807) is 24.3 Å². The van der Waals surface area contributed by atoms with Crippen LogP contribution >= 0.6 is 0 Å². The Balaban J connectivity index is 1.86. The molecule has 2 aromatic carbocycles. The van der Waals surface area contributed by atoms with Gasteiger partial charge >= 0.3 is 0 Å². The third-order valence-electron chi connectivity index (χ3n) is 4.90. The third-order valence-corrected chi connectivity index (χ3v) is 4.90. The first-order chi connectivity index (χ1) is 14.1. The molecule has 6 nitrogen and oxygen atoms in total. The van der Waals surface area contributed by atoms with Crippen LogP contribution in [-0.4, -0.2) is 31.8 Å². The van der Waals surface area contributed by atoms with Crippen molar-refractivity contribution in [2.75, 3.05) is 0 Å². The number of phenols is 1. The first-order valence-corrected chi connectivity index (χ1v) is 9.08. The number of likely N-dealkylation sites (tertiary alicyclic amines) is 1. The molecule has 1 saturated heterocycles. The van der Waals surface area contributed by atoms with Gasteiger partial charge in [0.25, 0.3) is 11.7 Å². The molecule has 4 rings (SSSR count). The minimum absolute atomic E-state index is 0.0165. The lowest BCUT2D eigenvalue weighted by Gasteiger charge is -2.25. The number of aromatic hydroxyl groups is 1. The summed E-state index contributed by atoms with van der Waals surface area (Å²) < 4.78 is 0. The fraction of sp³-hybridized carbons (Fsp3) is 0.0870. The Labute approximate surface area is 167 Å². The Morgan fingerprint density at radius 3 is 2.24 bits per heavy atom. The molecule has 29 heavy (non-hydrogen) atoms. The Kier molecular flexibility index (Phi) is 4.83. The molecule has 0 spiro atoms. The fourth-order valence-electron chi connectivity index (χ4n) is 3.49. The number of hydrogen-bond donors (Lipinski definition) is 2. The van der Waals surface area contributed by atoms with E-state index in [9.17, 15) is 19.8 Å². The average molecular weight is 386 g/mol. The zero-order valence-electron chi connectivity index (χ0n) is 15.4. The van der Waals surface area contributed by atoms with Gasteiger partial charge in [-0.05, 0) is 35.4 Å². The molecule has 1 atom stereocenters. The van der Waals surface area contributed by atoms with Crippen molar-refractivity contribution < 1.29 is 19.8 Å². The van der Waals surface area contributed by atoms with Crippen molar-refractivity contribution in [2.24, 2.45) is 0 Å². The van der Waals surface area contributed by atoms with Crippen molar-refractivity contribution >= 4 is 17.4 Å². The second kappa shape index (κ2) is 7.59. The van der Waals surface area contributed by atoms with Crippen LogP contribution in [0.4, 0.5) is 0 Å². The molecule has 3 aromatic rings. The van der Waals surface area contributed by atoms with E-state index in [2.05, 4.69) is 4.98 Å². The van der Waals surface area contributed by atoms with Crippen molar-refractivity contribution in [3.8, 4) is 5.75 Å². The predicted molar refractivity (Wildman–Crippen MR) is 107 cm³/mol. The van der Waals surface area contributed by atoms with Gasteiger partial charge in [0.2, 0.25) is 0 Å². The fourth-order valence-corrected chi connectivity index (χ4v) is 3.49. The second-order valence-electron chi connectivity index (χ2n) is 6.74. The third kappa shape index (κ3) is 3.48. The van der Waals surface area contributed by atoms with Crippen LogP contribution in [0.15, 0.2) is 84.7 Å². The van der Waals surface area contributed by atoms with Gasteiger partial charge in [-0.3, -0.25) is 14.6 Å². The number of rotatable bonds is 4. The van der Waals surface area contributed by atoms with Crippen LogP contribution in [-0.2, 0) is 16.1 Å². The number of amides is 1. The number of nitrogens with zero attached hydrogens (tertiary/aromatic N) is 2. The number of aromatic nitrogens is 1. The van der Waals surface area contributed by atoms with Gasteiger partial charge in [-0.15, -0.1) is 0 Å². The number of ketones is 1. The first-order valence-electron chi connectivity index (χ1n) is 9.08. The van der Waals surface area contributed by atoms with Crippen LogP contribution in [0.2, 0.25) is 0 Å². The molecule has 1 amide bonds. The maximum absolute atomic E-state index is 12.9. The minimum atomic E-state index is -0.774. The van der Waals surface area contributed by atoms with Gasteiger partial charge < -0.3 is 15.1 Å². The van der Waals surface area contributed by atoms with Gasteiger partial charge in [-0.2, -0.15) is 0 Å². The summed E-state index contributed by atoms with van der Waals surface area (Å²) in [4.78, 5) is 31.1. The number of carbonyl (C=O) groups is 2. The van der Waals surface area contributed by atoms with Gasteiger partial charge in [-0.1, -0.05) is 42.5 Å².